The highest BCUT2D eigenvalue weighted by molar-refractivity contribution is 6.24. The number of para-hydroxylation sites is 5. The molecule has 5 heterocycles. The fraction of sp³-hybridized carbons (Fsp3) is 0. The molecule has 5 nitrogen and oxygen atoms in total. The third-order valence-electron chi connectivity index (χ3n) is 14.2. The minimum absolute atomic E-state index is 0.00556. The molecule has 0 atom stereocenters. The van der Waals surface area contributed by atoms with Crippen molar-refractivity contribution in [1.29, 1.82) is 0 Å². The van der Waals surface area contributed by atoms with Crippen LogP contribution in [-0.4, -0.2) is 13.5 Å². The average Bonchev–Trinajstić information content (AvgIpc) is 4.12. The van der Waals surface area contributed by atoms with Gasteiger partial charge in [0.2, 0.25) is 0 Å². The maximum Gasteiger partial charge on any atom is 0.263 e. The summed E-state index contributed by atoms with van der Waals surface area (Å²) in [6.45, 7) is 0. The Morgan fingerprint density at radius 1 is 0.318 bits per heavy atom. The summed E-state index contributed by atoms with van der Waals surface area (Å²) in [5.41, 5.74) is 14.7. The molecule has 0 aliphatic heterocycles. The lowest BCUT2D eigenvalue weighted by Gasteiger charge is -2.10. The lowest BCUT2D eigenvalue weighted by Crippen LogP contribution is -2.13. The Morgan fingerprint density at radius 2 is 0.848 bits per heavy atom. The third-order valence-corrected chi connectivity index (χ3v) is 14.2. The molecule has 0 N–H and O–H groups in total. The molecular weight excluding hydrogens is 807 g/mol. The second kappa shape index (κ2) is 13.1. The summed E-state index contributed by atoms with van der Waals surface area (Å²) in [4.78, 5) is 14.6. The van der Waals surface area contributed by atoms with Gasteiger partial charge in [-0.25, -0.2) is 0 Å². The van der Waals surface area contributed by atoms with Crippen molar-refractivity contribution in [2.24, 2.45) is 0 Å². The SMILES string of the molecule is O=c1c2ccccc2c2cccc3c4cccc(-c5cccc6oc7ccc(-n8c9ccccc9c9cc(-c%10ccc%11c(c%10)c%10ccccc%10n%11-c%10ccccc%10)ccc98)cc7c56)c4n1c23. The molecule has 0 bridgehead atoms. The monoisotopic (exact) mass is 841 g/mol. The molecule has 0 fully saturated rings. The first-order valence-electron chi connectivity index (χ1n) is 22.5. The maximum atomic E-state index is 14.6. The van der Waals surface area contributed by atoms with Gasteiger partial charge in [-0.15, -0.1) is 0 Å². The van der Waals surface area contributed by atoms with Crippen LogP contribution in [-0.2, 0) is 0 Å². The number of hydrogen-bond acceptors (Lipinski definition) is 2. The van der Waals surface area contributed by atoms with Gasteiger partial charge in [-0.1, -0.05) is 133 Å². The minimum atomic E-state index is -0.00556. The van der Waals surface area contributed by atoms with Crippen LogP contribution >= 0.6 is 0 Å². The lowest BCUT2D eigenvalue weighted by molar-refractivity contribution is 0.669. The van der Waals surface area contributed by atoms with Crippen molar-refractivity contribution in [2.75, 3.05) is 0 Å². The Labute approximate surface area is 376 Å². The predicted molar refractivity (Wildman–Crippen MR) is 274 cm³/mol. The van der Waals surface area contributed by atoms with Crippen LogP contribution in [0.4, 0.5) is 0 Å². The Morgan fingerprint density at radius 3 is 1.56 bits per heavy atom. The highest BCUT2D eigenvalue weighted by Crippen LogP contribution is 2.44. The van der Waals surface area contributed by atoms with E-state index in [4.69, 9.17) is 4.42 Å². The van der Waals surface area contributed by atoms with E-state index in [0.717, 1.165) is 88.1 Å². The largest absolute Gasteiger partial charge is 0.456 e. The van der Waals surface area contributed by atoms with Gasteiger partial charge in [0, 0.05) is 70.8 Å². The van der Waals surface area contributed by atoms with E-state index >= 15 is 0 Å². The Bertz CT molecular complexity index is 4600. The molecule has 15 rings (SSSR count). The number of fused-ring (bicyclic) bond motifs is 14. The van der Waals surface area contributed by atoms with Gasteiger partial charge in [-0.05, 0) is 101 Å². The molecule has 0 saturated carbocycles. The minimum Gasteiger partial charge on any atom is -0.456 e. The number of rotatable bonds is 4. The number of nitrogens with zero attached hydrogens (tertiary/aromatic N) is 3. The molecule has 0 aliphatic carbocycles. The Kier molecular flexibility index (Phi) is 7.03. The standard InChI is InChI=1S/C61H35N3O2/c65-61-48-18-5-4-15-40(48)44-20-10-22-46-47-23-11-21-45(60(47)64(61)59(44)46)43-19-12-26-57-58(43)51-35-39(29-32-56(51)66-57)63-53-25-9-7-17-42(53)50-34-37(28-31-55(50)63)36-27-30-54-49(33-36)41-16-6-8-24-52(41)62(54)38-13-2-1-3-14-38/h1-35H. The van der Waals surface area contributed by atoms with Crippen LogP contribution in [0.1, 0.15) is 0 Å². The van der Waals surface area contributed by atoms with Crippen molar-refractivity contribution in [1.82, 2.24) is 13.5 Å². The summed E-state index contributed by atoms with van der Waals surface area (Å²) in [5.74, 6) is 0. The number of furan rings is 1. The zero-order chi connectivity index (χ0) is 43.2. The normalized spacial score (nSPS) is 12.3. The molecule has 15 aromatic rings. The van der Waals surface area contributed by atoms with E-state index in [1.807, 2.05) is 22.6 Å². The molecular formula is C61H35N3O2. The van der Waals surface area contributed by atoms with E-state index in [-0.39, 0.29) is 5.56 Å². The summed E-state index contributed by atoms with van der Waals surface area (Å²) in [6, 6.07) is 75.4. The van der Waals surface area contributed by atoms with Crippen LogP contribution in [0.15, 0.2) is 222 Å². The summed E-state index contributed by atoms with van der Waals surface area (Å²) in [5, 5.41) is 11.8. The number of benzene rings is 10. The number of hydrogen-bond donors (Lipinski definition) is 0. The van der Waals surface area contributed by atoms with Crippen molar-refractivity contribution in [3.63, 3.8) is 0 Å². The Balaban J connectivity index is 0.926. The van der Waals surface area contributed by atoms with Gasteiger partial charge in [0.25, 0.3) is 5.56 Å². The molecule has 66 heavy (non-hydrogen) atoms. The van der Waals surface area contributed by atoms with Crippen molar-refractivity contribution >= 4 is 104 Å². The molecule has 0 amide bonds. The highest BCUT2D eigenvalue weighted by atomic mass is 16.3. The quantitative estimate of drug-likeness (QED) is 0.166. The molecule has 5 heteroatoms. The third kappa shape index (κ3) is 4.70. The zero-order valence-electron chi connectivity index (χ0n) is 35.4. The fourth-order valence-electron chi connectivity index (χ4n) is 11.4. The van der Waals surface area contributed by atoms with Gasteiger partial charge in [-0.3, -0.25) is 9.20 Å². The van der Waals surface area contributed by atoms with Gasteiger partial charge in [0.1, 0.15) is 11.2 Å². The second-order valence-electron chi connectivity index (χ2n) is 17.6. The van der Waals surface area contributed by atoms with Crippen LogP contribution in [0, 0.1) is 0 Å². The van der Waals surface area contributed by atoms with Crippen LogP contribution < -0.4 is 5.56 Å². The van der Waals surface area contributed by atoms with Gasteiger partial charge in [0.05, 0.1) is 33.1 Å². The van der Waals surface area contributed by atoms with Crippen molar-refractivity contribution in [3.8, 4) is 33.6 Å². The van der Waals surface area contributed by atoms with Gasteiger partial charge in [0.15, 0.2) is 0 Å². The molecule has 0 aliphatic rings. The Hall–Kier alpha value is -8.93. The van der Waals surface area contributed by atoms with Gasteiger partial charge < -0.3 is 13.6 Å². The number of pyridine rings is 1. The summed E-state index contributed by atoms with van der Waals surface area (Å²) in [6.07, 6.45) is 0. The van der Waals surface area contributed by atoms with E-state index in [0.29, 0.717) is 5.39 Å². The van der Waals surface area contributed by atoms with Crippen LogP contribution in [0.2, 0.25) is 0 Å². The summed E-state index contributed by atoms with van der Waals surface area (Å²) >= 11 is 0. The molecule has 10 aromatic carbocycles. The highest BCUT2D eigenvalue weighted by Gasteiger charge is 2.23. The van der Waals surface area contributed by atoms with E-state index in [2.05, 4.69) is 203 Å². The van der Waals surface area contributed by atoms with Gasteiger partial charge in [-0.2, -0.15) is 0 Å². The zero-order valence-corrected chi connectivity index (χ0v) is 35.4. The summed E-state index contributed by atoms with van der Waals surface area (Å²) < 4.78 is 13.4. The first-order chi connectivity index (χ1) is 32.7. The van der Waals surface area contributed by atoms with Crippen LogP contribution in [0.25, 0.3) is 137 Å². The predicted octanol–water partition coefficient (Wildman–Crippen LogP) is 15.6. The topological polar surface area (TPSA) is 44.5 Å². The second-order valence-corrected chi connectivity index (χ2v) is 17.6. The fourth-order valence-corrected chi connectivity index (χ4v) is 11.4. The first kappa shape index (κ1) is 35.5. The van der Waals surface area contributed by atoms with Crippen LogP contribution in [0.5, 0.6) is 0 Å². The van der Waals surface area contributed by atoms with E-state index < -0.39 is 0 Å². The maximum absolute atomic E-state index is 14.6. The van der Waals surface area contributed by atoms with Gasteiger partial charge >= 0.3 is 0 Å². The van der Waals surface area contributed by atoms with E-state index in [1.165, 1.54) is 43.7 Å². The molecule has 306 valence electrons. The molecule has 0 spiro atoms. The molecule has 5 aromatic heterocycles. The van der Waals surface area contributed by atoms with Crippen molar-refractivity contribution in [2.45, 2.75) is 0 Å². The van der Waals surface area contributed by atoms with Crippen molar-refractivity contribution < 1.29 is 4.42 Å². The number of aromatic nitrogens is 3. The lowest BCUT2D eigenvalue weighted by atomic mass is 9.97. The smallest absolute Gasteiger partial charge is 0.263 e. The van der Waals surface area contributed by atoms with Crippen molar-refractivity contribution in [3.05, 3.63) is 223 Å². The van der Waals surface area contributed by atoms with E-state index in [9.17, 15) is 4.79 Å². The molecule has 0 radical (unpaired) electrons. The summed E-state index contributed by atoms with van der Waals surface area (Å²) in [7, 11) is 0. The molecule has 0 saturated heterocycles. The molecule has 0 unspecified atom stereocenters. The average molecular weight is 842 g/mol. The first-order valence-corrected chi connectivity index (χ1v) is 22.5. The van der Waals surface area contributed by atoms with Crippen LogP contribution in [0.3, 0.4) is 0 Å². The van der Waals surface area contributed by atoms with E-state index in [1.54, 1.807) is 0 Å².